The lowest BCUT2D eigenvalue weighted by Gasteiger charge is -2.17. The van der Waals surface area contributed by atoms with Crippen LogP contribution in [-0.2, 0) is 0 Å². The summed E-state index contributed by atoms with van der Waals surface area (Å²) in [5, 5.41) is 34.6. The largest absolute Gasteiger partial charge is 0.205 e. The summed E-state index contributed by atoms with van der Waals surface area (Å²) in [6, 6.07) is 12.5. The van der Waals surface area contributed by atoms with Gasteiger partial charge in [-0.3, -0.25) is 0 Å². The van der Waals surface area contributed by atoms with Gasteiger partial charge in [-0.15, -0.1) is 30.6 Å². The van der Waals surface area contributed by atoms with Crippen LogP contribution in [0.15, 0.2) is 36.4 Å². The molecule has 0 atom stereocenters. The minimum absolute atomic E-state index is 0.559. The van der Waals surface area contributed by atoms with Crippen molar-refractivity contribution in [3.8, 4) is 0 Å². The zero-order chi connectivity index (χ0) is 15.4. The first-order valence-electron chi connectivity index (χ1n) is 7.67. The van der Waals surface area contributed by atoms with E-state index >= 15 is 0 Å². The van der Waals surface area contributed by atoms with Gasteiger partial charge in [0.1, 0.15) is 0 Å². The number of nitrogens with zero attached hydrogens (tertiary/aromatic N) is 6. The van der Waals surface area contributed by atoms with Gasteiger partial charge in [-0.2, -0.15) is 0 Å². The predicted octanol–water partition coefficient (Wildman–Crippen LogP) is 3.29. The molecule has 0 amide bonds. The van der Waals surface area contributed by atoms with Gasteiger partial charge in [-0.05, 0) is 22.9 Å². The molecule has 4 aromatic carbocycles. The van der Waals surface area contributed by atoms with Crippen LogP contribution in [0.5, 0.6) is 0 Å². The maximum Gasteiger partial charge on any atom is 0.205 e. The van der Waals surface area contributed by atoms with E-state index in [2.05, 4.69) is 54.9 Å². The Labute approximate surface area is 133 Å². The number of hydrogen-bond acceptors (Lipinski definition) is 6. The molecule has 0 spiro atoms. The van der Waals surface area contributed by atoms with Gasteiger partial charge in [-0.25, -0.2) is 0 Å². The Morgan fingerprint density at radius 2 is 0.792 bits per heavy atom. The van der Waals surface area contributed by atoms with E-state index in [0.29, 0.717) is 11.3 Å². The SMILES string of the molecule is c1cc2ccc3nnc4nnc5nnc6ccc1c1c2c3c4c5c61. The van der Waals surface area contributed by atoms with Gasteiger partial charge >= 0.3 is 0 Å². The minimum Gasteiger partial charge on any atom is -0.148 e. The van der Waals surface area contributed by atoms with Crippen LogP contribution in [0.1, 0.15) is 0 Å². The molecule has 7 aromatic rings. The van der Waals surface area contributed by atoms with E-state index in [1.165, 1.54) is 21.5 Å². The summed E-state index contributed by atoms with van der Waals surface area (Å²) in [6.45, 7) is 0. The molecule has 3 aromatic heterocycles. The maximum absolute atomic E-state index is 4.35. The third-order valence-electron chi connectivity index (χ3n) is 5.07. The van der Waals surface area contributed by atoms with E-state index in [-0.39, 0.29) is 0 Å². The predicted molar refractivity (Wildman–Crippen MR) is 91.8 cm³/mol. The number of hydrogen-bond donors (Lipinski definition) is 0. The zero-order valence-corrected chi connectivity index (χ0v) is 12.1. The second-order valence-corrected chi connectivity index (χ2v) is 6.18. The molecule has 108 valence electrons. The van der Waals surface area contributed by atoms with Gasteiger partial charge in [0.05, 0.1) is 11.0 Å². The zero-order valence-electron chi connectivity index (χ0n) is 12.1. The highest BCUT2D eigenvalue weighted by molar-refractivity contribution is 6.42. The number of aromatic nitrogens is 6. The molecule has 0 fully saturated rings. The minimum atomic E-state index is 0.559. The standard InChI is InChI=1S/C18H6N6/c1-2-8-4-6-10-14-12(8)11-7(1)3-5-9-13(11)15-16(14)18(22-20-10)24-23-17(15)21-19-9/h1-6H. The Bertz CT molecular complexity index is 1160. The van der Waals surface area contributed by atoms with E-state index in [0.717, 1.165) is 32.6 Å². The van der Waals surface area contributed by atoms with E-state index in [1.54, 1.807) is 0 Å². The first-order valence-corrected chi connectivity index (χ1v) is 7.67. The number of benzene rings is 4. The number of rotatable bonds is 0. The molecule has 0 bridgehead atoms. The third kappa shape index (κ3) is 1.02. The highest BCUT2D eigenvalue weighted by Crippen LogP contribution is 2.45. The van der Waals surface area contributed by atoms with Crippen LogP contribution in [0.3, 0.4) is 0 Å². The van der Waals surface area contributed by atoms with Crippen LogP contribution in [-0.4, -0.2) is 30.6 Å². The van der Waals surface area contributed by atoms with Crippen LogP contribution in [0.2, 0.25) is 0 Å². The van der Waals surface area contributed by atoms with Crippen LogP contribution in [0.4, 0.5) is 0 Å². The van der Waals surface area contributed by atoms with Crippen molar-refractivity contribution in [1.29, 1.82) is 0 Å². The van der Waals surface area contributed by atoms with Gasteiger partial charge in [0.2, 0.25) is 11.3 Å². The van der Waals surface area contributed by atoms with Crippen molar-refractivity contribution in [2.45, 2.75) is 0 Å². The fourth-order valence-electron chi connectivity index (χ4n) is 4.12. The Hall–Kier alpha value is -3.54. The molecular weight excluding hydrogens is 300 g/mol. The van der Waals surface area contributed by atoms with Crippen molar-refractivity contribution < 1.29 is 0 Å². The lowest BCUT2D eigenvalue weighted by molar-refractivity contribution is 0.996. The highest BCUT2D eigenvalue weighted by atomic mass is 15.2. The molecule has 0 radical (unpaired) electrons. The summed E-state index contributed by atoms with van der Waals surface area (Å²) >= 11 is 0. The molecule has 6 heteroatoms. The van der Waals surface area contributed by atoms with Crippen LogP contribution in [0, 0.1) is 0 Å². The average molecular weight is 306 g/mol. The van der Waals surface area contributed by atoms with E-state index in [4.69, 9.17) is 0 Å². The summed E-state index contributed by atoms with van der Waals surface area (Å²) in [4.78, 5) is 0. The fourth-order valence-corrected chi connectivity index (χ4v) is 4.12. The second kappa shape index (κ2) is 3.35. The van der Waals surface area contributed by atoms with Crippen molar-refractivity contribution >= 4 is 65.4 Å². The molecule has 0 saturated heterocycles. The van der Waals surface area contributed by atoms with Crippen LogP contribution in [0.25, 0.3) is 65.4 Å². The van der Waals surface area contributed by atoms with E-state index < -0.39 is 0 Å². The summed E-state index contributed by atoms with van der Waals surface area (Å²) in [5.41, 5.74) is 2.86. The van der Waals surface area contributed by atoms with E-state index in [1.807, 2.05) is 12.1 Å². The topological polar surface area (TPSA) is 77.3 Å². The van der Waals surface area contributed by atoms with Gasteiger partial charge in [0, 0.05) is 32.3 Å². The Morgan fingerprint density at radius 1 is 0.375 bits per heavy atom. The van der Waals surface area contributed by atoms with Crippen LogP contribution >= 0.6 is 0 Å². The Morgan fingerprint density at radius 3 is 1.29 bits per heavy atom. The molecule has 7 rings (SSSR count). The molecule has 3 heterocycles. The van der Waals surface area contributed by atoms with Crippen LogP contribution < -0.4 is 0 Å². The normalized spacial score (nSPS) is 13.0. The van der Waals surface area contributed by atoms with Gasteiger partial charge in [0.25, 0.3) is 0 Å². The molecule has 0 aliphatic rings. The first-order chi connectivity index (χ1) is 11.9. The molecular formula is C18H6N6. The summed E-state index contributed by atoms with van der Waals surface area (Å²) in [5.74, 6) is 0. The smallest absolute Gasteiger partial charge is 0.148 e. The van der Waals surface area contributed by atoms with Crippen molar-refractivity contribution in [3.63, 3.8) is 0 Å². The first kappa shape index (κ1) is 11.1. The maximum atomic E-state index is 4.35. The average Bonchev–Trinajstić information content (AvgIpc) is 2.65. The molecule has 0 aliphatic heterocycles. The van der Waals surface area contributed by atoms with Crippen molar-refractivity contribution in [1.82, 2.24) is 30.6 Å². The Balaban J connectivity index is 2.11. The second-order valence-electron chi connectivity index (χ2n) is 6.18. The summed E-state index contributed by atoms with van der Waals surface area (Å²) in [6.07, 6.45) is 0. The lowest BCUT2D eigenvalue weighted by atomic mass is 9.89. The Kier molecular flexibility index (Phi) is 1.55. The summed E-state index contributed by atoms with van der Waals surface area (Å²) in [7, 11) is 0. The van der Waals surface area contributed by atoms with Gasteiger partial charge < -0.3 is 0 Å². The van der Waals surface area contributed by atoms with E-state index in [9.17, 15) is 0 Å². The van der Waals surface area contributed by atoms with Crippen molar-refractivity contribution in [2.75, 3.05) is 0 Å². The monoisotopic (exact) mass is 306 g/mol. The molecule has 0 unspecified atom stereocenters. The quantitative estimate of drug-likeness (QED) is 0.316. The van der Waals surface area contributed by atoms with Gasteiger partial charge in [-0.1, -0.05) is 24.3 Å². The van der Waals surface area contributed by atoms with Crippen molar-refractivity contribution in [3.05, 3.63) is 36.4 Å². The third-order valence-corrected chi connectivity index (χ3v) is 5.07. The highest BCUT2D eigenvalue weighted by Gasteiger charge is 2.23. The molecule has 24 heavy (non-hydrogen) atoms. The fraction of sp³-hybridized carbons (Fsp3) is 0. The molecule has 6 nitrogen and oxygen atoms in total. The summed E-state index contributed by atoms with van der Waals surface area (Å²) < 4.78 is 0. The molecule has 0 aliphatic carbocycles. The lowest BCUT2D eigenvalue weighted by Crippen LogP contribution is -2.01. The van der Waals surface area contributed by atoms with Gasteiger partial charge in [0.15, 0.2) is 0 Å². The molecule has 0 saturated carbocycles. The van der Waals surface area contributed by atoms with Crippen molar-refractivity contribution in [2.24, 2.45) is 0 Å². The molecule has 0 N–H and O–H groups in total.